The first-order chi connectivity index (χ1) is 7.13. The van der Waals surface area contributed by atoms with Gasteiger partial charge in [-0.15, -0.1) is 0 Å². The molecule has 0 aliphatic rings. The number of aliphatic hydroxyl groups is 1. The summed E-state index contributed by atoms with van der Waals surface area (Å²) in [4.78, 5) is 11.0. The lowest BCUT2D eigenvalue weighted by atomic mass is 10.0. The van der Waals surface area contributed by atoms with Gasteiger partial charge in [0.15, 0.2) is 0 Å². The van der Waals surface area contributed by atoms with Gasteiger partial charge in [0.25, 0.3) is 5.56 Å². The maximum absolute atomic E-state index is 11.0. The van der Waals surface area contributed by atoms with Gasteiger partial charge in [-0.05, 0) is 12.3 Å². The number of anilines is 1. The molecule has 0 aromatic carbocycles. The standard InChI is InChI=1S/C10H17N3O2/c1-7(2)9(3-4-14)12-8-5-10(15)13-11-6-8/h5-7,9,14H,3-4H2,1-2H3,(H2,12,13,15). The van der Waals surface area contributed by atoms with E-state index in [1.807, 2.05) is 0 Å². The molecule has 1 atom stereocenters. The van der Waals surface area contributed by atoms with Crippen molar-refractivity contribution in [3.05, 3.63) is 22.6 Å². The Labute approximate surface area is 88.5 Å². The second-order valence-corrected chi connectivity index (χ2v) is 3.84. The van der Waals surface area contributed by atoms with Gasteiger partial charge in [-0.1, -0.05) is 13.8 Å². The zero-order valence-electron chi connectivity index (χ0n) is 9.03. The van der Waals surface area contributed by atoms with Crippen LogP contribution in [0.2, 0.25) is 0 Å². The van der Waals surface area contributed by atoms with E-state index in [-0.39, 0.29) is 18.2 Å². The predicted molar refractivity (Wildman–Crippen MR) is 58.8 cm³/mol. The molecule has 0 bridgehead atoms. The number of aromatic nitrogens is 2. The zero-order valence-corrected chi connectivity index (χ0v) is 9.03. The Morgan fingerprint density at radius 2 is 2.33 bits per heavy atom. The summed E-state index contributed by atoms with van der Waals surface area (Å²) in [5.41, 5.74) is 0.456. The Morgan fingerprint density at radius 1 is 1.60 bits per heavy atom. The minimum Gasteiger partial charge on any atom is -0.396 e. The minimum absolute atomic E-state index is 0.131. The molecule has 1 unspecified atom stereocenters. The number of hydrogen-bond donors (Lipinski definition) is 3. The summed E-state index contributed by atoms with van der Waals surface area (Å²) in [6.45, 7) is 4.26. The van der Waals surface area contributed by atoms with Gasteiger partial charge >= 0.3 is 0 Å². The van der Waals surface area contributed by atoms with E-state index in [9.17, 15) is 4.79 Å². The molecule has 1 aromatic rings. The Morgan fingerprint density at radius 3 is 2.87 bits per heavy atom. The smallest absolute Gasteiger partial charge is 0.266 e. The number of aromatic amines is 1. The highest BCUT2D eigenvalue weighted by atomic mass is 16.3. The quantitative estimate of drug-likeness (QED) is 0.666. The van der Waals surface area contributed by atoms with Crippen molar-refractivity contribution in [1.29, 1.82) is 0 Å². The second kappa shape index (κ2) is 5.50. The Hall–Kier alpha value is -1.36. The predicted octanol–water partition coefficient (Wildman–Crippen LogP) is 0.589. The van der Waals surface area contributed by atoms with E-state index in [0.717, 1.165) is 0 Å². The summed E-state index contributed by atoms with van der Waals surface area (Å²) in [6, 6.07) is 1.61. The van der Waals surface area contributed by atoms with Crippen LogP contribution >= 0.6 is 0 Å². The van der Waals surface area contributed by atoms with Crippen LogP contribution in [0.25, 0.3) is 0 Å². The van der Waals surface area contributed by atoms with Crippen LogP contribution in [-0.2, 0) is 0 Å². The normalized spacial score (nSPS) is 12.8. The molecule has 0 radical (unpaired) electrons. The van der Waals surface area contributed by atoms with Crippen LogP contribution in [0.3, 0.4) is 0 Å². The van der Waals surface area contributed by atoms with Crippen LogP contribution < -0.4 is 10.9 Å². The third kappa shape index (κ3) is 3.71. The monoisotopic (exact) mass is 211 g/mol. The number of hydrogen-bond acceptors (Lipinski definition) is 4. The summed E-state index contributed by atoms with van der Waals surface area (Å²) < 4.78 is 0. The summed E-state index contributed by atoms with van der Waals surface area (Å²) in [6.07, 6.45) is 2.22. The van der Waals surface area contributed by atoms with Crippen LogP contribution in [0, 0.1) is 5.92 Å². The van der Waals surface area contributed by atoms with Crippen molar-refractivity contribution in [3.8, 4) is 0 Å². The molecule has 0 aliphatic heterocycles. The molecule has 1 heterocycles. The van der Waals surface area contributed by atoms with E-state index < -0.39 is 0 Å². The van der Waals surface area contributed by atoms with Crippen molar-refractivity contribution >= 4 is 5.69 Å². The van der Waals surface area contributed by atoms with Gasteiger partial charge in [-0.25, -0.2) is 5.10 Å². The third-order valence-electron chi connectivity index (χ3n) is 2.26. The van der Waals surface area contributed by atoms with Crippen LogP contribution in [0.4, 0.5) is 5.69 Å². The van der Waals surface area contributed by atoms with Crippen LogP contribution in [0.15, 0.2) is 17.1 Å². The topological polar surface area (TPSA) is 78.0 Å². The van der Waals surface area contributed by atoms with E-state index in [1.165, 1.54) is 6.07 Å². The Balaban J connectivity index is 2.69. The lowest BCUT2D eigenvalue weighted by Gasteiger charge is -2.22. The SMILES string of the molecule is CC(C)C(CCO)Nc1cn[nH]c(=O)c1. The van der Waals surface area contributed by atoms with Gasteiger partial charge in [-0.2, -0.15) is 5.10 Å². The van der Waals surface area contributed by atoms with E-state index in [2.05, 4.69) is 29.4 Å². The number of nitrogens with one attached hydrogen (secondary N) is 2. The molecule has 0 saturated carbocycles. The molecule has 1 rings (SSSR count). The van der Waals surface area contributed by atoms with Crippen molar-refractivity contribution in [2.45, 2.75) is 26.3 Å². The second-order valence-electron chi connectivity index (χ2n) is 3.84. The molecule has 0 amide bonds. The molecule has 0 aliphatic carbocycles. The molecular weight excluding hydrogens is 194 g/mol. The lowest BCUT2D eigenvalue weighted by Crippen LogP contribution is -2.27. The number of aliphatic hydroxyl groups excluding tert-OH is 1. The highest BCUT2D eigenvalue weighted by Gasteiger charge is 2.12. The van der Waals surface area contributed by atoms with Gasteiger partial charge in [0.2, 0.25) is 0 Å². The first kappa shape index (κ1) is 11.7. The lowest BCUT2D eigenvalue weighted by molar-refractivity contribution is 0.267. The van der Waals surface area contributed by atoms with Gasteiger partial charge in [0.05, 0.1) is 11.9 Å². The first-order valence-corrected chi connectivity index (χ1v) is 5.05. The fourth-order valence-corrected chi connectivity index (χ4v) is 1.38. The van der Waals surface area contributed by atoms with E-state index >= 15 is 0 Å². The molecule has 5 nitrogen and oxygen atoms in total. The molecule has 84 valence electrons. The molecule has 0 saturated heterocycles. The van der Waals surface area contributed by atoms with Crippen molar-refractivity contribution in [1.82, 2.24) is 10.2 Å². The molecule has 0 fully saturated rings. The number of rotatable bonds is 5. The van der Waals surface area contributed by atoms with Crippen molar-refractivity contribution in [2.75, 3.05) is 11.9 Å². The van der Waals surface area contributed by atoms with Crippen molar-refractivity contribution in [3.63, 3.8) is 0 Å². The molecule has 15 heavy (non-hydrogen) atoms. The summed E-state index contributed by atoms with van der Waals surface area (Å²) in [5, 5.41) is 18.1. The first-order valence-electron chi connectivity index (χ1n) is 5.05. The third-order valence-corrected chi connectivity index (χ3v) is 2.26. The van der Waals surface area contributed by atoms with E-state index in [1.54, 1.807) is 6.20 Å². The van der Waals surface area contributed by atoms with Crippen LogP contribution in [-0.4, -0.2) is 28.0 Å². The Bertz CT molecular complexity index is 349. The Kier molecular flexibility index (Phi) is 4.30. The fraction of sp³-hybridized carbons (Fsp3) is 0.600. The summed E-state index contributed by atoms with van der Waals surface area (Å²) in [7, 11) is 0. The van der Waals surface area contributed by atoms with Crippen molar-refractivity contribution in [2.24, 2.45) is 5.92 Å². The van der Waals surface area contributed by atoms with Crippen LogP contribution in [0.5, 0.6) is 0 Å². The molecule has 1 aromatic heterocycles. The largest absolute Gasteiger partial charge is 0.396 e. The maximum Gasteiger partial charge on any atom is 0.266 e. The number of nitrogens with zero attached hydrogens (tertiary/aromatic N) is 1. The molecule has 3 N–H and O–H groups in total. The van der Waals surface area contributed by atoms with Gasteiger partial charge < -0.3 is 10.4 Å². The van der Waals surface area contributed by atoms with E-state index in [0.29, 0.717) is 18.0 Å². The average molecular weight is 211 g/mol. The fourth-order valence-electron chi connectivity index (χ4n) is 1.38. The van der Waals surface area contributed by atoms with E-state index in [4.69, 9.17) is 5.11 Å². The zero-order chi connectivity index (χ0) is 11.3. The summed E-state index contributed by atoms with van der Waals surface area (Å²) >= 11 is 0. The van der Waals surface area contributed by atoms with Gasteiger partial charge in [-0.3, -0.25) is 4.79 Å². The van der Waals surface area contributed by atoms with Gasteiger partial charge in [0.1, 0.15) is 0 Å². The maximum atomic E-state index is 11.0. The highest BCUT2D eigenvalue weighted by molar-refractivity contribution is 5.39. The molecule has 5 heteroatoms. The number of H-pyrrole nitrogens is 1. The van der Waals surface area contributed by atoms with Gasteiger partial charge in [0, 0.05) is 18.7 Å². The minimum atomic E-state index is -0.230. The van der Waals surface area contributed by atoms with Crippen molar-refractivity contribution < 1.29 is 5.11 Å². The summed E-state index contributed by atoms with van der Waals surface area (Å²) in [5.74, 6) is 0.386. The molecular formula is C10H17N3O2. The average Bonchev–Trinajstić information content (AvgIpc) is 2.17. The highest BCUT2D eigenvalue weighted by Crippen LogP contribution is 2.12. The van der Waals surface area contributed by atoms with Crippen LogP contribution in [0.1, 0.15) is 20.3 Å². The molecule has 0 spiro atoms.